The van der Waals surface area contributed by atoms with E-state index in [-0.39, 0.29) is 11.8 Å². The molecule has 2 fully saturated rings. The molecule has 1 saturated heterocycles. The molecule has 3 unspecified atom stereocenters. The minimum atomic E-state index is 0.204. The van der Waals surface area contributed by atoms with E-state index >= 15 is 0 Å². The van der Waals surface area contributed by atoms with Crippen LogP contribution >= 0.6 is 0 Å². The zero-order valence-corrected chi connectivity index (χ0v) is 11.5. The van der Waals surface area contributed by atoms with Gasteiger partial charge in [0.15, 0.2) is 0 Å². The molecule has 0 aromatic heterocycles. The van der Waals surface area contributed by atoms with Crippen molar-refractivity contribution in [2.45, 2.75) is 26.2 Å². The molecule has 2 bridgehead atoms. The summed E-state index contributed by atoms with van der Waals surface area (Å²) in [5, 5.41) is 0. The molecule has 0 aromatic carbocycles. The summed E-state index contributed by atoms with van der Waals surface area (Å²) in [6.45, 7) is 4.72. The van der Waals surface area contributed by atoms with Gasteiger partial charge in [0.1, 0.15) is 0 Å². The van der Waals surface area contributed by atoms with E-state index in [0.29, 0.717) is 50.3 Å². The Balaban J connectivity index is 1.55. The summed E-state index contributed by atoms with van der Waals surface area (Å²) < 4.78 is 0. The highest BCUT2D eigenvalue weighted by Gasteiger charge is 2.41. The molecule has 4 nitrogen and oxygen atoms in total. The summed E-state index contributed by atoms with van der Waals surface area (Å²) in [5.41, 5.74) is 0. The molecule has 3 atom stereocenters. The van der Waals surface area contributed by atoms with Crippen LogP contribution in [-0.2, 0) is 9.59 Å². The lowest BCUT2D eigenvalue weighted by molar-refractivity contribution is -0.142. The van der Waals surface area contributed by atoms with Crippen LogP contribution in [-0.4, -0.2) is 47.8 Å². The van der Waals surface area contributed by atoms with Crippen molar-refractivity contribution in [3.8, 4) is 0 Å². The number of carbonyl (C=O) groups is 2. The Labute approximate surface area is 114 Å². The van der Waals surface area contributed by atoms with Crippen LogP contribution in [0.2, 0.25) is 0 Å². The van der Waals surface area contributed by atoms with Crippen LogP contribution in [0.25, 0.3) is 0 Å². The number of amides is 2. The van der Waals surface area contributed by atoms with Gasteiger partial charge in [-0.05, 0) is 24.7 Å². The van der Waals surface area contributed by atoms with Gasteiger partial charge < -0.3 is 9.80 Å². The van der Waals surface area contributed by atoms with Gasteiger partial charge in [-0.3, -0.25) is 9.59 Å². The predicted molar refractivity (Wildman–Crippen MR) is 72.3 cm³/mol. The minimum Gasteiger partial charge on any atom is -0.339 e. The summed E-state index contributed by atoms with van der Waals surface area (Å²) in [6.07, 6.45) is 7.27. The molecule has 4 heteroatoms. The monoisotopic (exact) mass is 262 g/mol. The number of nitrogens with zero attached hydrogens (tertiary/aromatic N) is 2. The van der Waals surface area contributed by atoms with Crippen molar-refractivity contribution in [2.75, 3.05) is 26.2 Å². The first kappa shape index (κ1) is 12.7. The first-order valence-corrected chi connectivity index (χ1v) is 7.44. The Morgan fingerprint density at radius 2 is 1.74 bits per heavy atom. The molecule has 3 aliphatic rings. The molecule has 0 spiro atoms. The fourth-order valence-electron chi connectivity index (χ4n) is 3.70. The van der Waals surface area contributed by atoms with Crippen LogP contribution in [0.4, 0.5) is 0 Å². The van der Waals surface area contributed by atoms with Crippen molar-refractivity contribution in [1.82, 2.24) is 9.80 Å². The molecule has 0 radical (unpaired) electrons. The third-order valence-corrected chi connectivity index (χ3v) is 4.84. The van der Waals surface area contributed by atoms with Crippen LogP contribution in [0.1, 0.15) is 26.2 Å². The molecule has 1 aliphatic heterocycles. The Morgan fingerprint density at radius 1 is 1.05 bits per heavy atom. The highest BCUT2D eigenvalue weighted by molar-refractivity contribution is 5.81. The summed E-state index contributed by atoms with van der Waals surface area (Å²) in [7, 11) is 0. The quantitative estimate of drug-likeness (QED) is 0.703. The number of carbonyl (C=O) groups excluding carboxylic acids is 2. The molecular weight excluding hydrogens is 240 g/mol. The van der Waals surface area contributed by atoms with E-state index in [1.807, 2.05) is 16.7 Å². The highest BCUT2D eigenvalue weighted by Crippen LogP contribution is 2.44. The molecule has 3 rings (SSSR count). The average Bonchev–Trinajstić information content (AvgIpc) is 3.08. The normalized spacial score (nSPS) is 33.0. The van der Waals surface area contributed by atoms with Gasteiger partial charge in [0.05, 0.1) is 0 Å². The van der Waals surface area contributed by atoms with Crippen LogP contribution < -0.4 is 0 Å². The van der Waals surface area contributed by atoms with Crippen LogP contribution in [0.5, 0.6) is 0 Å². The van der Waals surface area contributed by atoms with Crippen molar-refractivity contribution in [2.24, 2.45) is 17.8 Å². The average molecular weight is 262 g/mol. The molecule has 1 heterocycles. The third kappa shape index (κ3) is 2.28. The van der Waals surface area contributed by atoms with Gasteiger partial charge in [-0.1, -0.05) is 19.1 Å². The van der Waals surface area contributed by atoms with Crippen LogP contribution in [0.3, 0.4) is 0 Å². The Kier molecular flexibility index (Phi) is 3.33. The Hall–Kier alpha value is -1.32. The lowest BCUT2D eigenvalue weighted by Crippen LogP contribution is -2.52. The van der Waals surface area contributed by atoms with Crippen LogP contribution in [0.15, 0.2) is 12.2 Å². The predicted octanol–water partition coefficient (Wildman–Crippen LogP) is 1.28. The smallest absolute Gasteiger partial charge is 0.226 e. The second-order valence-corrected chi connectivity index (χ2v) is 5.95. The number of hydrogen-bond acceptors (Lipinski definition) is 2. The second kappa shape index (κ2) is 4.99. The fourth-order valence-corrected chi connectivity index (χ4v) is 3.70. The maximum atomic E-state index is 12.5. The summed E-state index contributed by atoms with van der Waals surface area (Å²) in [6, 6.07) is 0. The van der Waals surface area contributed by atoms with Gasteiger partial charge in [-0.2, -0.15) is 0 Å². The minimum absolute atomic E-state index is 0.204. The highest BCUT2D eigenvalue weighted by atomic mass is 16.2. The summed E-state index contributed by atoms with van der Waals surface area (Å²) >= 11 is 0. The van der Waals surface area contributed by atoms with Gasteiger partial charge in [-0.15, -0.1) is 0 Å². The molecule has 104 valence electrons. The van der Waals surface area contributed by atoms with Gasteiger partial charge >= 0.3 is 0 Å². The van der Waals surface area contributed by atoms with E-state index in [9.17, 15) is 9.59 Å². The molecule has 2 amide bonds. The van der Waals surface area contributed by atoms with Crippen molar-refractivity contribution in [3.63, 3.8) is 0 Å². The summed E-state index contributed by atoms with van der Waals surface area (Å²) in [5.74, 6) is 1.86. The van der Waals surface area contributed by atoms with Crippen molar-refractivity contribution < 1.29 is 9.59 Å². The van der Waals surface area contributed by atoms with E-state index in [4.69, 9.17) is 0 Å². The molecular formula is C15H22N2O2. The molecule has 1 saturated carbocycles. The second-order valence-electron chi connectivity index (χ2n) is 5.95. The fraction of sp³-hybridized carbons (Fsp3) is 0.733. The number of allylic oxidation sites excluding steroid dienone is 2. The van der Waals surface area contributed by atoms with Crippen LogP contribution in [0, 0.1) is 17.8 Å². The lowest BCUT2D eigenvalue weighted by Gasteiger charge is -2.36. The zero-order valence-electron chi connectivity index (χ0n) is 11.5. The molecule has 19 heavy (non-hydrogen) atoms. The van der Waals surface area contributed by atoms with Crippen molar-refractivity contribution in [1.29, 1.82) is 0 Å². The van der Waals surface area contributed by atoms with E-state index in [0.717, 1.165) is 6.42 Å². The number of hydrogen-bond donors (Lipinski definition) is 0. The van der Waals surface area contributed by atoms with E-state index in [2.05, 4.69) is 12.2 Å². The number of rotatable bonds is 2. The van der Waals surface area contributed by atoms with Gasteiger partial charge in [0.25, 0.3) is 0 Å². The van der Waals surface area contributed by atoms with Crippen molar-refractivity contribution in [3.05, 3.63) is 12.2 Å². The standard InChI is InChI=1S/C15H22N2O2/c1-2-14(18)16-5-7-17(8-6-16)15(19)13-10-11-3-4-12(13)9-11/h3-4,11-13H,2,5-10H2,1H3. The first-order valence-electron chi connectivity index (χ1n) is 7.44. The van der Waals surface area contributed by atoms with E-state index in [1.54, 1.807) is 0 Å². The first-order chi connectivity index (χ1) is 9.19. The van der Waals surface area contributed by atoms with Gasteiger partial charge in [-0.25, -0.2) is 0 Å². The van der Waals surface area contributed by atoms with Gasteiger partial charge in [0, 0.05) is 38.5 Å². The molecule has 0 N–H and O–H groups in total. The third-order valence-electron chi connectivity index (χ3n) is 4.84. The maximum absolute atomic E-state index is 12.5. The largest absolute Gasteiger partial charge is 0.339 e. The SMILES string of the molecule is CCC(=O)N1CCN(C(=O)C2CC3C=CC2C3)CC1. The number of piperazine rings is 1. The topological polar surface area (TPSA) is 40.6 Å². The lowest BCUT2D eigenvalue weighted by atomic mass is 9.92. The zero-order chi connectivity index (χ0) is 13.4. The van der Waals surface area contributed by atoms with Crippen molar-refractivity contribution >= 4 is 11.8 Å². The Bertz CT molecular complexity index is 410. The van der Waals surface area contributed by atoms with Gasteiger partial charge in [0.2, 0.25) is 11.8 Å². The number of fused-ring (bicyclic) bond motifs is 2. The molecule has 0 aromatic rings. The molecule has 2 aliphatic carbocycles. The summed E-state index contributed by atoms with van der Waals surface area (Å²) in [4.78, 5) is 28.0. The Morgan fingerprint density at radius 3 is 2.26 bits per heavy atom. The van der Waals surface area contributed by atoms with E-state index < -0.39 is 0 Å². The van der Waals surface area contributed by atoms with E-state index in [1.165, 1.54) is 6.42 Å². The maximum Gasteiger partial charge on any atom is 0.226 e.